The molecule has 0 aliphatic rings. The fraction of sp³-hybridized carbons (Fsp3) is 0.143. The zero-order valence-corrected chi connectivity index (χ0v) is 10.1. The molecule has 0 radical (unpaired) electrons. The maximum absolute atomic E-state index is 11.6. The molecule has 0 saturated carbocycles. The lowest BCUT2D eigenvalue weighted by molar-refractivity contribution is -0.0498. The van der Waals surface area contributed by atoms with Crippen LogP contribution < -0.4 is 14.6 Å². The van der Waals surface area contributed by atoms with E-state index in [0.717, 1.165) is 0 Å². The van der Waals surface area contributed by atoms with Gasteiger partial charge in [0.1, 0.15) is 27.9 Å². The van der Waals surface area contributed by atoms with Gasteiger partial charge < -0.3 is 4.74 Å². The summed E-state index contributed by atoms with van der Waals surface area (Å²) < 4.78 is 48.1. The number of thiol groups is 1. The largest absolute Gasteiger partial charge is 0.435 e. The summed E-state index contributed by atoms with van der Waals surface area (Å²) in [6.45, 7) is -2.90. The molecule has 12 heteroatoms. The molecular weight excluding hydrogens is 286 g/mol. The molecule has 0 aliphatic carbocycles. The Morgan fingerprint density at radius 1 is 1.00 bits per heavy atom. The van der Waals surface area contributed by atoms with E-state index in [9.17, 15) is 17.2 Å². The van der Waals surface area contributed by atoms with E-state index in [4.69, 9.17) is 22.1 Å². The Kier molecular flexibility index (Phi) is 11.8. The molecule has 4 N–H and O–H groups in total. The molecule has 1 aromatic rings. The lowest BCUT2D eigenvalue weighted by atomic mass is 10.3. The van der Waals surface area contributed by atoms with Gasteiger partial charge in [0.25, 0.3) is 0 Å². The molecule has 0 aliphatic heterocycles. The Morgan fingerprint density at radius 3 is 1.63 bits per heavy atom. The molecule has 9 nitrogen and oxygen atoms in total. The Morgan fingerprint density at radius 2 is 1.37 bits per heavy atom. The first-order valence-electron chi connectivity index (χ1n) is 4.18. The van der Waals surface area contributed by atoms with Gasteiger partial charge in [0.2, 0.25) is 9.82 Å². The van der Waals surface area contributed by atoms with Crippen LogP contribution in [0, 0.1) is 22.1 Å². The van der Waals surface area contributed by atoms with Crippen LogP contribution in [-0.4, -0.2) is 15.0 Å². The van der Waals surface area contributed by atoms with Crippen molar-refractivity contribution in [1.29, 1.82) is 22.1 Å². The quantitative estimate of drug-likeness (QED) is 0.324. The summed E-state index contributed by atoms with van der Waals surface area (Å²) in [5.41, 5.74) is 22.0. The molecule has 0 spiro atoms. The Balaban J connectivity index is 0. The van der Waals surface area contributed by atoms with E-state index in [1.54, 1.807) is 0 Å². The van der Waals surface area contributed by atoms with E-state index < -0.39 is 17.3 Å². The second-order valence-corrected chi connectivity index (χ2v) is 3.38. The summed E-state index contributed by atoms with van der Waals surface area (Å²) in [6, 6.07) is 4.74. The summed E-state index contributed by atoms with van der Waals surface area (Å²) in [7, 11) is -2.67. The first-order valence-corrected chi connectivity index (χ1v) is 5.36. The van der Waals surface area contributed by atoms with Gasteiger partial charge in [-0.3, -0.25) is 0 Å². The topological polar surface area (TPSA) is 167 Å². The molecule has 0 amide bonds. The standard InChI is InChI=1S/C7H6F2O3S.2H2N3/c8-7(9)12-5-1-3-6(4-2-5)13(10)11;2*1-3-2/h1-4,7,13H;2*1-2H/q;2*+1. The number of rotatable bonds is 3. The van der Waals surface area contributed by atoms with Crippen molar-refractivity contribution in [1.82, 2.24) is 9.82 Å². The molecule has 0 heterocycles. The maximum Gasteiger partial charge on any atom is 0.387 e. The van der Waals surface area contributed by atoms with Gasteiger partial charge in [-0.1, -0.05) is 0 Å². The van der Waals surface area contributed by atoms with Crippen molar-refractivity contribution in [3.63, 3.8) is 0 Å². The zero-order chi connectivity index (χ0) is 15.3. The number of hydrogen-bond donors (Lipinski definition) is 5. The summed E-state index contributed by atoms with van der Waals surface area (Å²) in [5, 5.41) is 0. The van der Waals surface area contributed by atoms with Crippen LogP contribution >= 0.6 is 0 Å². The number of alkyl halides is 2. The third kappa shape index (κ3) is 11.7. The highest BCUT2D eigenvalue weighted by atomic mass is 32.2. The molecular formula is C7H10F2N6O3S+2. The summed E-state index contributed by atoms with van der Waals surface area (Å²) in [4.78, 5) is 4.07. The third-order valence-corrected chi connectivity index (χ3v) is 1.99. The monoisotopic (exact) mass is 296 g/mol. The number of hydrogen-bond acceptors (Lipinski definition) is 7. The summed E-state index contributed by atoms with van der Waals surface area (Å²) in [5.74, 6) is -0.0596. The molecule has 104 valence electrons. The predicted octanol–water partition coefficient (Wildman–Crippen LogP) is 1.49. The minimum atomic E-state index is -2.90. The van der Waals surface area contributed by atoms with Gasteiger partial charge in [-0.25, -0.2) is 8.42 Å². The van der Waals surface area contributed by atoms with Crippen LogP contribution in [0.2, 0.25) is 0 Å². The normalized spacial score (nSPS) is 8.21. The average Bonchev–Trinajstić information content (AvgIpc) is 2.31. The van der Waals surface area contributed by atoms with Crippen LogP contribution in [0.5, 0.6) is 5.75 Å². The minimum Gasteiger partial charge on any atom is -0.435 e. The molecule has 0 unspecified atom stereocenters. The van der Waals surface area contributed by atoms with Crippen LogP contribution in [0.25, 0.3) is 0 Å². The lowest BCUT2D eigenvalue weighted by Crippen LogP contribution is -2.01. The second kappa shape index (κ2) is 11.9. The second-order valence-electron chi connectivity index (χ2n) is 2.35. The van der Waals surface area contributed by atoms with Crippen LogP contribution in [0.3, 0.4) is 0 Å². The Bertz CT molecular complexity index is 486. The number of benzene rings is 1. The van der Waals surface area contributed by atoms with E-state index in [-0.39, 0.29) is 10.6 Å². The highest BCUT2D eigenvalue weighted by molar-refractivity contribution is 7.72. The average molecular weight is 296 g/mol. The van der Waals surface area contributed by atoms with Crippen molar-refractivity contribution in [2.45, 2.75) is 11.5 Å². The number of halogens is 2. The van der Waals surface area contributed by atoms with Gasteiger partial charge in [0, 0.05) is 0 Å². The molecule has 19 heavy (non-hydrogen) atoms. The molecule has 1 aromatic carbocycles. The zero-order valence-electron chi connectivity index (χ0n) is 9.21. The van der Waals surface area contributed by atoms with E-state index in [1.165, 1.54) is 24.3 Å². The summed E-state index contributed by atoms with van der Waals surface area (Å²) >= 11 is 0. The SMILES string of the molecule is N=[N+]=N.N=[N+]=N.O=[SH](=O)c1ccc(OC(F)F)cc1. The lowest BCUT2D eigenvalue weighted by Gasteiger charge is -2.02. The minimum absolute atomic E-state index is 0.0596. The van der Waals surface area contributed by atoms with Crippen molar-refractivity contribution >= 4 is 10.7 Å². The van der Waals surface area contributed by atoms with Crippen LogP contribution in [0.4, 0.5) is 8.78 Å². The van der Waals surface area contributed by atoms with Crippen LogP contribution in [-0.2, 0) is 10.7 Å². The number of nitrogens with one attached hydrogen (secondary N) is 4. The number of nitrogens with zero attached hydrogens (tertiary/aromatic N) is 2. The highest BCUT2D eigenvalue weighted by Crippen LogP contribution is 2.15. The van der Waals surface area contributed by atoms with Gasteiger partial charge in [0.15, 0.2) is 10.7 Å². The fourth-order valence-electron chi connectivity index (χ4n) is 0.749. The van der Waals surface area contributed by atoms with Crippen LogP contribution in [0.1, 0.15) is 0 Å². The van der Waals surface area contributed by atoms with Gasteiger partial charge in [-0.15, -0.1) is 0 Å². The molecule has 1 rings (SSSR count). The first kappa shape index (κ1) is 18.8. The van der Waals surface area contributed by atoms with Crippen molar-refractivity contribution in [3.8, 4) is 5.75 Å². The highest BCUT2D eigenvalue weighted by Gasteiger charge is 2.03. The van der Waals surface area contributed by atoms with Crippen molar-refractivity contribution in [2.24, 2.45) is 0 Å². The predicted molar refractivity (Wildman–Crippen MR) is 56.8 cm³/mol. The molecule has 0 atom stereocenters. The number of ether oxygens (including phenoxy) is 1. The molecule has 0 bridgehead atoms. The van der Waals surface area contributed by atoms with Gasteiger partial charge in [-0.2, -0.15) is 8.78 Å². The third-order valence-electron chi connectivity index (χ3n) is 1.27. The summed E-state index contributed by atoms with van der Waals surface area (Å²) in [6.07, 6.45) is 0. The molecule has 0 aromatic heterocycles. The van der Waals surface area contributed by atoms with Gasteiger partial charge in [0.05, 0.1) is 4.90 Å². The van der Waals surface area contributed by atoms with E-state index >= 15 is 0 Å². The molecule has 0 fully saturated rings. The van der Waals surface area contributed by atoms with E-state index in [1.807, 2.05) is 9.82 Å². The maximum atomic E-state index is 11.6. The van der Waals surface area contributed by atoms with Crippen LogP contribution in [0.15, 0.2) is 29.2 Å². The Labute approximate surface area is 107 Å². The van der Waals surface area contributed by atoms with Crippen molar-refractivity contribution in [3.05, 3.63) is 24.3 Å². The van der Waals surface area contributed by atoms with Gasteiger partial charge in [-0.05, 0) is 24.3 Å². The molecule has 0 saturated heterocycles. The Hall–Kier alpha value is -2.55. The first-order chi connectivity index (χ1) is 8.92. The van der Waals surface area contributed by atoms with Crippen molar-refractivity contribution < 1.29 is 21.9 Å². The van der Waals surface area contributed by atoms with Gasteiger partial charge >= 0.3 is 6.61 Å². The van der Waals surface area contributed by atoms with E-state index in [0.29, 0.717) is 0 Å². The van der Waals surface area contributed by atoms with Crippen molar-refractivity contribution in [2.75, 3.05) is 0 Å². The van der Waals surface area contributed by atoms with E-state index in [2.05, 4.69) is 4.74 Å². The fourth-order valence-corrected chi connectivity index (χ4v) is 1.14. The smallest absolute Gasteiger partial charge is 0.387 e.